The number of rotatable bonds is 4. The van der Waals surface area contributed by atoms with E-state index in [4.69, 9.17) is 0 Å². The van der Waals surface area contributed by atoms with Crippen molar-refractivity contribution in [2.45, 2.75) is 32.7 Å². The molecule has 1 saturated heterocycles. The average molecular weight is 326 g/mol. The van der Waals surface area contributed by atoms with Gasteiger partial charge in [-0.1, -0.05) is 19.1 Å². The van der Waals surface area contributed by atoms with Gasteiger partial charge in [-0.2, -0.15) is 0 Å². The summed E-state index contributed by atoms with van der Waals surface area (Å²) in [5, 5.41) is 3.41. The van der Waals surface area contributed by atoms with Gasteiger partial charge < -0.3 is 14.8 Å². The second-order valence-electron chi connectivity index (χ2n) is 7.69. The van der Waals surface area contributed by atoms with Crippen molar-refractivity contribution in [2.75, 3.05) is 26.7 Å². The number of benzene rings is 1. The van der Waals surface area contributed by atoms with Gasteiger partial charge in [0.05, 0.1) is 22.8 Å². The Labute approximate surface area is 143 Å². The number of hydrogen-bond donors (Lipinski definition) is 1. The lowest BCUT2D eigenvalue weighted by atomic mass is 9.85. The lowest BCUT2D eigenvalue weighted by Crippen LogP contribution is -2.40. The molecule has 1 atom stereocenters. The van der Waals surface area contributed by atoms with Gasteiger partial charge in [0, 0.05) is 20.1 Å². The number of likely N-dealkylation sites (N-methyl/N-ethyl adjacent to an activating group) is 1. The molecule has 2 aromatic rings. The zero-order chi connectivity index (χ0) is 16.8. The largest absolute Gasteiger partial charge is 0.343 e. The molecule has 2 heterocycles. The number of carbonyl (C=O) groups is 1. The van der Waals surface area contributed by atoms with E-state index in [1.165, 1.54) is 0 Å². The quantitative estimate of drug-likeness (QED) is 0.938. The summed E-state index contributed by atoms with van der Waals surface area (Å²) in [6.07, 6.45) is 5.19. The van der Waals surface area contributed by atoms with Crippen LogP contribution in [0.4, 0.5) is 0 Å². The van der Waals surface area contributed by atoms with Crippen molar-refractivity contribution in [1.29, 1.82) is 0 Å². The molecule has 1 amide bonds. The third kappa shape index (κ3) is 2.34. The van der Waals surface area contributed by atoms with Crippen LogP contribution in [-0.4, -0.2) is 47.0 Å². The number of piperidine rings is 1. The number of carbonyl (C=O) groups excluding carboxylic acids is 1. The van der Waals surface area contributed by atoms with E-state index in [1.807, 2.05) is 36.5 Å². The van der Waals surface area contributed by atoms with Crippen molar-refractivity contribution in [3.63, 3.8) is 0 Å². The van der Waals surface area contributed by atoms with E-state index in [9.17, 15) is 4.79 Å². The lowest BCUT2D eigenvalue weighted by molar-refractivity contribution is -0.136. The van der Waals surface area contributed by atoms with Gasteiger partial charge in [-0.05, 0) is 49.9 Å². The summed E-state index contributed by atoms with van der Waals surface area (Å²) in [5.41, 5.74) is 2.24. The van der Waals surface area contributed by atoms with Gasteiger partial charge in [0.15, 0.2) is 0 Å². The van der Waals surface area contributed by atoms with Crippen molar-refractivity contribution in [3.8, 4) is 0 Å². The fraction of sp³-hybridized carbons (Fsp3) is 0.579. The molecule has 4 rings (SSSR count). The molecular formula is C19H26N4O. The lowest BCUT2D eigenvalue weighted by Gasteiger charge is -2.30. The van der Waals surface area contributed by atoms with Crippen LogP contribution in [0.3, 0.4) is 0 Å². The molecule has 1 unspecified atom stereocenters. The molecule has 5 heteroatoms. The summed E-state index contributed by atoms with van der Waals surface area (Å²) < 4.78 is 2.13. The fourth-order valence-electron chi connectivity index (χ4n) is 4.54. The molecule has 0 radical (unpaired) electrons. The molecule has 1 N–H and O–H groups in total. The van der Waals surface area contributed by atoms with Gasteiger partial charge in [-0.15, -0.1) is 0 Å². The van der Waals surface area contributed by atoms with E-state index in [2.05, 4.69) is 27.9 Å². The van der Waals surface area contributed by atoms with Gasteiger partial charge in [0.25, 0.3) is 0 Å². The number of para-hydroxylation sites is 2. The second-order valence-corrected chi connectivity index (χ2v) is 7.69. The van der Waals surface area contributed by atoms with Crippen molar-refractivity contribution in [3.05, 3.63) is 30.6 Å². The predicted octanol–water partition coefficient (Wildman–Crippen LogP) is 2.27. The average Bonchev–Trinajstić information content (AvgIpc) is 2.99. The number of fused-ring (bicyclic) bond motifs is 1. The van der Waals surface area contributed by atoms with Gasteiger partial charge in [0.2, 0.25) is 5.91 Å². The Kier molecular flexibility index (Phi) is 3.64. The highest BCUT2D eigenvalue weighted by Crippen LogP contribution is 2.68. The Hall–Kier alpha value is -1.88. The van der Waals surface area contributed by atoms with Crippen LogP contribution in [0.25, 0.3) is 11.0 Å². The molecule has 2 fully saturated rings. The Morgan fingerprint density at radius 2 is 2.08 bits per heavy atom. The third-order valence-electron chi connectivity index (χ3n) is 6.32. The molecule has 0 bridgehead atoms. The second kappa shape index (κ2) is 5.59. The van der Waals surface area contributed by atoms with Gasteiger partial charge in [-0.3, -0.25) is 4.79 Å². The van der Waals surface area contributed by atoms with Crippen LogP contribution in [0.2, 0.25) is 0 Å². The monoisotopic (exact) mass is 326 g/mol. The smallest absolute Gasteiger partial charge is 0.228 e. The van der Waals surface area contributed by atoms with Gasteiger partial charge in [0.1, 0.15) is 0 Å². The third-order valence-corrected chi connectivity index (χ3v) is 6.32. The molecule has 2 aliphatic rings. The number of amides is 1. The maximum Gasteiger partial charge on any atom is 0.228 e. The number of hydrogen-bond acceptors (Lipinski definition) is 3. The summed E-state index contributed by atoms with van der Waals surface area (Å²) in [7, 11) is 1.94. The zero-order valence-corrected chi connectivity index (χ0v) is 14.6. The number of nitrogens with one attached hydrogen (secondary N) is 1. The van der Waals surface area contributed by atoms with Crippen molar-refractivity contribution < 1.29 is 4.79 Å². The van der Waals surface area contributed by atoms with Crippen LogP contribution in [0.1, 0.15) is 26.2 Å². The van der Waals surface area contributed by atoms with E-state index >= 15 is 0 Å². The summed E-state index contributed by atoms with van der Waals surface area (Å²) in [4.78, 5) is 19.3. The first kappa shape index (κ1) is 15.6. The van der Waals surface area contributed by atoms with E-state index in [0.717, 1.165) is 56.5 Å². The molecule has 1 saturated carbocycles. The summed E-state index contributed by atoms with van der Waals surface area (Å²) in [6, 6.07) is 8.13. The summed E-state index contributed by atoms with van der Waals surface area (Å²) in [5.74, 6) is 0.314. The number of aromatic nitrogens is 2. The minimum absolute atomic E-state index is 0.152. The van der Waals surface area contributed by atoms with E-state index in [-0.39, 0.29) is 10.8 Å². The van der Waals surface area contributed by atoms with Gasteiger partial charge >= 0.3 is 0 Å². The van der Waals surface area contributed by atoms with Crippen LogP contribution in [-0.2, 0) is 11.3 Å². The predicted molar refractivity (Wildman–Crippen MR) is 94.6 cm³/mol. The van der Waals surface area contributed by atoms with Crippen LogP contribution in [0, 0.1) is 10.8 Å². The number of imidazole rings is 1. The van der Waals surface area contributed by atoms with Gasteiger partial charge in [-0.25, -0.2) is 4.98 Å². The van der Waals surface area contributed by atoms with Crippen LogP contribution >= 0.6 is 0 Å². The highest BCUT2D eigenvalue weighted by molar-refractivity contribution is 5.86. The Morgan fingerprint density at radius 1 is 1.33 bits per heavy atom. The first-order valence-corrected chi connectivity index (χ1v) is 8.92. The topological polar surface area (TPSA) is 50.2 Å². The Bertz CT molecular complexity index is 762. The molecule has 1 spiro atoms. The molecular weight excluding hydrogens is 300 g/mol. The summed E-state index contributed by atoms with van der Waals surface area (Å²) >= 11 is 0. The minimum atomic E-state index is -0.152. The molecule has 24 heavy (non-hydrogen) atoms. The molecule has 1 aliphatic carbocycles. The SMILES string of the molecule is CN(CCn1cnc2ccccc21)C(=O)C1(C)CC12CCNCC2. The molecule has 1 aliphatic heterocycles. The van der Waals surface area contributed by atoms with Crippen molar-refractivity contribution in [1.82, 2.24) is 19.8 Å². The molecule has 1 aromatic carbocycles. The minimum Gasteiger partial charge on any atom is -0.343 e. The maximum atomic E-state index is 13.0. The summed E-state index contributed by atoms with van der Waals surface area (Å²) in [6.45, 7) is 5.78. The first-order valence-electron chi connectivity index (χ1n) is 8.92. The standard InChI is InChI=1S/C19H26N4O/c1-18(13-19(18)7-9-20-10-8-19)17(24)22(2)11-12-23-14-21-15-5-3-4-6-16(15)23/h3-6,14,20H,7-13H2,1-2H3. The molecule has 1 aromatic heterocycles. The van der Waals surface area contributed by atoms with E-state index in [1.54, 1.807) is 0 Å². The van der Waals surface area contributed by atoms with Crippen molar-refractivity contribution in [2.24, 2.45) is 10.8 Å². The highest BCUT2D eigenvalue weighted by atomic mass is 16.2. The van der Waals surface area contributed by atoms with Crippen LogP contribution in [0.5, 0.6) is 0 Å². The Morgan fingerprint density at radius 3 is 2.88 bits per heavy atom. The van der Waals surface area contributed by atoms with Crippen LogP contribution < -0.4 is 5.32 Å². The maximum absolute atomic E-state index is 13.0. The zero-order valence-electron chi connectivity index (χ0n) is 14.6. The van der Waals surface area contributed by atoms with E-state index < -0.39 is 0 Å². The van der Waals surface area contributed by atoms with Crippen LogP contribution in [0.15, 0.2) is 30.6 Å². The highest BCUT2D eigenvalue weighted by Gasteiger charge is 2.68. The number of nitrogens with zero attached hydrogens (tertiary/aromatic N) is 3. The fourth-order valence-corrected chi connectivity index (χ4v) is 4.54. The molecule has 5 nitrogen and oxygen atoms in total. The normalized spacial score (nSPS) is 25.1. The first-order chi connectivity index (χ1) is 11.6. The van der Waals surface area contributed by atoms with Crippen molar-refractivity contribution >= 4 is 16.9 Å². The molecule has 128 valence electrons. The Balaban J connectivity index is 1.41. The van der Waals surface area contributed by atoms with E-state index in [0.29, 0.717) is 5.91 Å².